The summed E-state index contributed by atoms with van der Waals surface area (Å²) >= 11 is 0. The Morgan fingerprint density at radius 1 is 0.821 bits per heavy atom. The van der Waals surface area contributed by atoms with E-state index < -0.39 is 6.10 Å². The summed E-state index contributed by atoms with van der Waals surface area (Å²) in [6.45, 7) is -0.147. The highest BCUT2D eigenvalue weighted by Crippen LogP contribution is 2.33. The number of rotatable bonds is 10. The Morgan fingerprint density at radius 3 is 1.96 bits per heavy atom. The topological polar surface area (TPSA) is 77.4 Å². The first-order chi connectivity index (χ1) is 13.6. The van der Waals surface area contributed by atoms with Gasteiger partial charge in [-0.15, -0.1) is 0 Å². The van der Waals surface area contributed by atoms with Crippen LogP contribution in [0.3, 0.4) is 0 Å². The van der Waals surface area contributed by atoms with Crippen molar-refractivity contribution >= 4 is 6.08 Å². The molecule has 0 aromatic heterocycles. The molecule has 2 atom stereocenters. The Bertz CT molecular complexity index is 787. The van der Waals surface area contributed by atoms with Crippen molar-refractivity contribution in [3.8, 4) is 23.0 Å². The third-order valence-electron chi connectivity index (χ3n) is 4.59. The van der Waals surface area contributed by atoms with Crippen LogP contribution in [0.2, 0.25) is 0 Å². The number of benzene rings is 2. The molecule has 28 heavy (non-hydrogen) atoms. The van der Waals surface area contributed by atoms with Crippen molar-refractivity contribution in [3.05, 3.63) is 53.6 Å². The van der Waals surface area contributed by atoms with Crippen LogP contribution in [0.1, 0.15) is 23.7 Å². The minimum Gasteiger partial charge on any atom is -0.493 e. The van der Waals surface area contributed by atoms with Crippen LogP contribution in [-0.2, 0) is 0 Å². The summed E-state index contributed by atoms with van der Waals surface area (Å²) in [6.07, 6.45) is 3.51. The molecule has 0 saturated carbocycles. The van der Waals surface area contributed by atoms with E-state index in [-0.39, 0.29) is 12.5 Å². The van der Waals surface area contributed by atoms with Crippen LogP contribution in [0.25, 0.3) is 6.08 Å². The predicted molar refractivity (Wildman–Crippen MR) is 108 cm³/mol. The third kappa shape index (κ3) is 5.18. The largest absolute Gasteiger partial charge is 0.493 e. The van der Waals surface area contributed by atoms with Gasteiger partial charge >= 0.3 is 0 Å². The highest BCUT2D eigenvalue weighted by atomic mass is 16.5. The van der Waals surface area contributed by atoms with E-state index in [4.69, 9.17) is 18.9 Å². The summed E-state index contributed by atoms with van der Waals surface area (Å²) in [5, 5.41) is 20.4. The van der Waals surface area contributed by atoms with Crippen molar-refractivity contribution in [2.75, 3.05) is 35.0 Å². The highest BCUT2D eigenvalue weighted by Gasteiger charge is 2.20. The van der Waals surface area contributed by atoms with Gasteiger partial charge in [-0.2, -0.15) is 0 Å². The lowest BCUT2D eigenvalue weighted by Gasteiger charge is -2.21. The number of methoxy groups -OCH3 is 4. The zero-order valence-electron chi connectivity index (χ0n) is 16.7. The van der Waals surface area contributed by atoms with Gasteiger partial charge in [-0.1, -0.05) is 24.3 Å². The molecule has 0 aliphatic heterocycles. The van der Waals surface area contributed by atoms with Gasteiger partial charge in [-0.3, -0.25) is 0 Å². The minimum atomic E-state index is -0.833. The quantitative estimate of drug-likeness (QED) is 0.649. The molecule has 6 heteroatoms. The van der Waals surface area contributed by atoms with E-state index in [1.165, 1.54) is 0 Å². The van der Waals surface area contributed by atoms with Crippen molar-refractivity contribution < 1.29 is 29.2 Å². The van der Waals surface area contributed by atoms with Crippen LogP contribution < -0.4 is 18.9 Å². The fraction of sp³-hybridized carbons (Fsp3) is 0.364. The van der Waals surface area contributed by atoms with Gasteiger partial charge in [0.2, 0.25) is 0 Å². The zero-order valence-corrected chi connectivity index (χ0v) is 16.7. The fourth-order valence-electron chi connectivity index (χ4n) is 2.95. The second-order valence-electron chi connectivity index (χ2n) is 6.25. The molecule has 2 N–H and O–H groups in total. The molecule has 152 valence electrons. The van der Waals surface area contributed by atoms with Gasteiger partial charge in [0.1, 0.15) is 0 Å². The first-order valence-corrected chi connectivity index (χ1v) is 8.97. The smallest absolute Gasteiger partial charge is 0.161 e. The summed E-state index contributed by atoms with van der Waals surface area (Å²) in [4.78, 5) is 0. The number of allylic oxidation sites excluding steroid dienone is 1. The Morgan fingerprint density at radius 2 is 1.39 bits per heavy atom. The summed E-state index contributed by atoms with van der Waals surface area (Å²) in [5.74, 6) is 2.09. The number of aliphatic hydroxyl groups is 2. The van der Waals surface area contributed by atoms with Gasteiger partial charge < -0.3 is 29.2 Å². The lowest BCUT2D eigenvalue weighted by Crippen LogP contribution is -2.16. The maximum Gasteiger partial charge on any atom is 0.161 e. The lowest BCUT2D eigenvalue weighted by atomic mass is 9.93. The van der Waals surface area contributed by atoms with Crippen molar-refractivity contribution in [1.29, 1.82) is 0 Å². The van der Waals surface area contributed by atoms with E-state index in [0.717, 1.165) is 5.56 Å². The van der Waals surface area contributed by atoms with Gasteiger partial charge in [-0.05, 0) is 41.8 Å². The van der Waals surface area contributed by atoms with E-state index in [9.17, 15) is 10.2 Å². The average molecular weight is 388 g/mol. The maximum atomic E-state index is 10.7. The molecule has 0 fully saturated rings. The van der Waals surface area contributed by atoms with Crippen LogP contribution in [0.4, 0.5) is 0 Å². The van der Waals surface area contributed by atoms with Crippen LogP contribution in [0.15, 0.2) is 42.5 Å². The first-order valence-electron chi connectivity index (χ1n) is 8.97. The summed E-state index contributed by atoms with van der Waals surface area (Å²) < 4.78 is 21.0. The molecule has 0 aliphatic rings. The Hall–Kier alpha value is -2.70. The Balaban J connectivity index is 2.10. The molecule has 2 aromatic carbocycles. The van der Waals surface area contributed by atoms with E-state index >= 15 is 0 Å². The molecular weight excluding hydrogens is 360 g/mol. The van der Waals surface area contributed by atoms with Gasteiger partial charge in [0.25, 0.3) is 0 Å². The molecule has 6 nitrogen and oxygen atoms in total. The molecular formula is C22H28O6. The van der Waals surface area contributed by atoms with E-state index in [1.54, 1.807) is 46.6 Å². The van der Waals surface area contributed by atoms with Crippen molar-refractivity contribution in [2.45, 2.75) is 12.5 Å². The van der Waals surface area contributed by atoms with Gasteiger partial charge in [-0.25, -0.2) is 0 Å². The SMILES string of the molecule is COc1ccc(C=CC[C@H](CO)[C@H](O)c2ccc(OC)c(OC)c2)cc1OC. The number of hydrogen-bond acceptors (Lipinski definition) is 6. The van der Waals surface area contributed by atoms with Crippen LogP contribution >= 0.6 is 0 Å². The van der Waals surface area contributed by atoms with E-state index in [2.05, 4.69) is 0 Å². The molecule has 2 rings (SSSR count). The molecule has 0 bridgehead atoms. The van der Waals surface area contributed by atoms with Crippen LogP contribution in [-0.4, -0.2) is 45.3 Å². The first kappa shape index (κ1) is 21.6. The minimum absolute atomic E-state index is 0.147. The van der Waals surface area contributed by atoms with Crippen LogP contribution in [0.5, 0.6) is 23.0 Å². The van der Waals surface area contributed by atoms with Crippen LogP contribution in [0, 0.1) is 5.92 Å². The molecule has 0 spiro atoms. The highest BCUT2D eigenvalue weighted by molar-refractivity contribution is 5.56. The average Bonchev–Trinajstić information content (AvgIpc) is 2.75. The number of ether oxygens (including phenoxy) is 4. The predicted octanol–water partition coefficient (Wildman–Crippen LogP) is 3.47. The van der Waals surface area contributed by atoms with Gasteiger partial charge in [0.15, 0.2) is 23.0 Å². The molecule has 0 heterocycles. The standard InChI is InChI=1S/C22H28O6/c1-25-18-10-8-15(12-20(18)27-3)6-5-7-17(14-23)22(24)16-9-11-19(26-2)21(13-16)28-4/h5-6,8-13,17,22-24H,7,14H2,1-4H3/t17-,22-/m1/s1. The Labute approximate surface area is 165 Å². The molecule has 0 radical (unpaired) electrons. The van der Waals surface area contributed by atoms with Crippen molar-refractivity contribution in [2.24, 2.45) is 5.92 Å². The lowest BCUT2D eigenvalue weighted by molar-refractivity contribution is 0.0682. The summed E-state index contributed by atoms with van der Waals surface area (Å²) in [6, 6.07) is 10.9. The number of hydrogen-bond donors (Lipinski definition) is 2. The monoisotopic (exact) mass is 388 g/mol. The van der Waals surface area contributed by atoms with Crippen molar-refractivity contribution in [3.63, 3.8) is 0 Å². The van der Waals surface area contributed by atoms with Gasteiger partial charge in [0, 0.05) is 12.5 Å². The zero-order chi connectivity index (χ0) is 20.5. The van der Waals surface area contributed by atoms with E-state index in [1.807, 2.05) is 30.4 Å². The number of aliphatic hydroxyl groups excluding tert-OH is 2. The molecule has 0 unspecified atom stereocenters. The fourth-order valence-corrected chi connectivity index (χ4v) is 2.95. The van der Waals surface area contributed by atoms with Gasteiger partial charge in [0.05, 0.1) is 34.5 Å². The third-order valence-corrected chi connectivity index (χ3v) is 4.59. The normalized spacial score (nSPS) is 13.2. The molecule has 0 aliphatic carbocycles. The maximum absolute atomic E-state index is 10.7. The molecule has 0 saturated heterocycles. The summed E-state index contributed by atoms with van der Waals surface area (Å²) in [7, 11) is 6.29. The molecule has 2 aromatic rings. The van der Waals surface area contributed by atoms with E-state index in [0.29, 0.717) is 35.0 Å². The Kier molecular flexibility index (Phi) is 8.17. The summed E-state index contributed by atoms with van der Waals surface area (Å²) in [5.41, 5.74) is 1.60. The second kappa shape index (κ2) is 10.6. The van der Waals surface area contributed by atoms with Crippen molar-refractivity contribution in [1.82, 2.24) is 0 Å². The second-order valence-corrected chi connectivity index (χ2v) is 6.25. The molecule has 0 amide bonds.